The summed E-state index contributed by atoms with van der Waals surface area (Å²) in [5, 5.41) is 3.84. The van der Waals surface area contributed by atoms with Crippen LogP contribution in [0, 0.1) is 13.8 Å². The molecule has 2 heteroatoms. The number of nitrogens with zero attached hydrogens (tertiary/aromatic N) is 1. The molecule has 1 N–H and O–H groups in total. The van der Waals surface area contributed by atoms with Crippen molar-refractivity contribution in [3.63, 3.8) is 0 Å². The summed E-state index contributed by atoms with van der Waals surface area (Å²) in [6.07, 6.45) is 5.40. The molecule has 0 aromatic heterocycles. The number of likely N-dealkylation sites (N-methyl/N-ethyl adjacent to an activating group) is 1. The molecule has 0 atom stereocenters. The average molecular weight is 230 g/mol. The monoisotopic (exact) mass is 230 g/mol. The van der Waals surface area contributed by atoms with E-state index in [1.54, 1.807) is 0 Å². The van der Waals surface area contributed by atoms with Crippen molar-refractivity contribution in [2.75, 3.05) is 23.8 Å². The lowest BCUT2D eigenvalue weighted by Gasteiger charge is -2.43. The topological polar surface area (TPSA) is 15.3 Å². The first-order valence-electron chi connectivity index (χ1n) is 6.70. The zero-order chi connectivity index (χ0) is 12.0. The van der Waals surface area contributed by atoms with E-state index >= 15 is 0 Å². The van der Waals surface area contributed by atoms with Crippen molar-refractivity contribution >= 4 is 11.4 Å². The predicted octanol–water partition coefficient (Wildman–Crippen LogP) is 3.48. The zero-order valence-corrected chi connectivity index (χ0v) is 11.1. The van der Waals surface area contributed by atoms with Gasteiger partial charge in [-0.25, -0.2) is 0 Å². The fraction of sp³-hybridized carbons (Fsp3) is 0.600. The number of nitrogens with one attached hydrogen (secondary N) is 1. The Bertz CT molecular complexity index is 444. The van der Waals surface area contributed by atoms with Gasteiger partial charge in [0.2, 0.25) is 0 Å². The molecule has 0 unspecified atom stereocenters. The molecule has 2 aliphatic rings. The highest BCUT2D eigenvalue weighted by atomic mass is 15.2. The van der Waals surface area contributed by atoms with Crippen molar-refractivity contribution in [2.45, 2.75) is 45.1 Å². The molecule has 1 aliphatic carbocycles. The standard InChI is InChI=1S/C15H22N2/c1-11-8-12(2)14-13(9-11)16-15(10-17(14)3)6-4-5-7-15/h8-9,16H,4-7,10H2,1-3H3. The van der Waals surface area contributed by atoms with E-state index in [0.29, 0.717) is 5.54 Å². The molecule has 1 spiro atoms. The molecule has 92 valence electrons. The molecule has 1 heterocycles. The van der Waals surface area contributed by atoms with Crippen LogP contribution >= 0.6 is 0 Å². The number of anilines is 2. The fourth-order valence-corrected chi connectivity index (χ4v) is 3.76. The van der Waals surface area contributed by atoms with E-state index in [-0.39, 0.29) is 0 Å². The molecule has 0 saturated heterocycles. The van der Waals surface area contributed by atoms with Gasteiger partial charge in [0, 0.05) is 13.6 Å². The quantitative estimate of drug-likeness (QED) is 0.734. The largest absolute Gasteiger partial charge is 0.376 e. The van der Waals surface area contributed by atoms with E-state index < -0.39 is 0 Å². The Labute approximate surface area is 104 Å². The summed E-state index contributed by atoms with van der Waals surface area (Å²) in [5.41, 5.74) is 5.84. The zero-order valence-electron chi connectivity index (χ0n) is 11.1. The van der Waals surface area contributed by atoms with Crippen molar-refractivity contribution in [3.8, 4) is 0 Å². The van der Waals surface area contributed by atoms with Crippen molar-refractivity contribution in [1.29, 1.82) is 0 Å². The minimum absolute atomic E-state index is 0.349. The maximum absolute atomic E-state index is 3.84. The predicted molar refractivity (Wildman–Crippen MR) is 74.0 cm³/mol. The van der Waals surface area contributed by atoms with E-state index in [9.17, 15) is 0 Å². The summed E-state index contributed by atoms with van der Waals surface area (Å²) < 4.78 is 0. The van der Waals surface area contributed by atoms with Crippen LogP contribution in [0.1, 0.15) is 36.8 Å². The normalized spacial score (nSPS) is 21.5. The summed E-state index contributed by atoms with van der Waals surface area (Å²) in [6, 6.07) is 4.59. The van der Waals surface area contributed by atoms with Crippen LogP contribution in [0.4, 0.5) is 11.4 Å². The third-order valence-electron chi connectivity index (χ3n) is 4.33. The van der Waals surface area contributed by atoms with Crippen LogP contribution in [0.25, 0.3) is 0 Å². The van der Waals surface area contributed by atoms with Crippen molar-refractivity contribution in [3.05, 3.63) is 23.3 Å². The Kier molecular flexibility index (Phi) is 2.35. The number of fused-ring (bicyclic) bond motifs is 1. The van der Waals surface area contributed by atoms with E-state index in [0.717, 1.165) is 6.54 Å². The van der Waals surface area contributed by atoms with Gasteiger partial charge in [-0.1, -0.05) is 18.9 Å². The Morgan fingerprint density at radius 3 is 2.59 bits per heavy atom. The van der Waals surface area contributed by atoms with E-state index in [2.05, 4.69) is 43.2 Å². The summed E-state index contributed by atoms with van der Waals surface area (Å²) in [6.45, 7) is 5.56. The number of rotatable bonds is 0. The summed E-state index contributed by atoms with van der Waals surface area (Å²) in [5.74, 6) is 0. The molecule has 17 heavy (non-hydrogen) atoms. The first-order valence-corrected chi connectivity index (χ1v) is 6.70. The molecule has 1 fully saturated rings. The molecule has 1 aromatic rings. The average Bonchev–Trinajstić information content (AvgIpc) is 2.63. The van der Waals surface area contributed by atoms with Crippen LogP contribution in [-0.4, -0.2) is 19.1 Å². The van der Waals surface area contributed by atoms with Crippen LogP contribution < -0.4 is 10.2 Å². The Balaban J connectivity index is 2.05. The maximum atomic E-state index is 3.84. The van der Waals surface area contributed by atoms with Gasteiger partial charge >= 0.3 is 0 Å². The number of hydrogen-bond donors (Lipinski definition) is 1. The minimum Gasteiger partial charge on any atom is -0.376 e. The van der Waals surface area contributed by atoms with Crippen molar-refractivity contribution in [2.24, 2.45) is 0 Å². The van der Waals surface area contributed by atoms with E-state index in [1.807, 2.05) is 0 Å². The van der Waals surface area contributed by atoms with Gasteiger partial charge in [0.25, 0.3) is 0 Å². The Morgan fingerprint density at radius 1 is 1.18 bits per heavy atom. The number of aryl methyl sites for hydroxylation is 2. The molecule has 0 amide bonds. The molecule has 1 saturated carbocycles. The highest BCUT2D eigenvalue weighted by Gasteiger charge is 2.39. The van der Waals surface area contributed by atoms with Crippen LogP contribution in [0.15, 0.2) is 12.1 Å². The number of hydrogen-bond acceptors (Lipinski definition) is 2. The summed E-state index contributed by atoms with van der Waals surface area (Å²) in [7, 11) is 2.24. The van der Waals surface area contributed by atoms with Crippen molar-refractivity contribution in [1.82, 2.24) is 0 Å². The van der Waals surface area contributed by atoms with Gasteiger partial charge in [-0.2, -0.15) is 0 Å². The van der Waals surface area contributed by atoms with Gasteiger partial charge in [-0.05, 0) is 43.9 Å². The molecular weight excluding hydrogens is 208 g/mol. The third-order valence-corrected chi connectivity index (χ3v) is 4.33. The highest BCUT2D eigenvalue weighted by molar-refractivity contribution is 5.77. The van der Waals surface area contributed by atoms with Gasteiger partial charge in [-0.3, -0.25) is 0 Å². The lowest BCUT2D eigenvalue weighted by molar-refractivity contribution is 0.472. The first kappa shape index (κ1) is 10.9. The van der Waals surface area contributed by atoms with Crippen molar-refractivity contribution < 1.29 is 0 Å². The Hall–Kier alpha value is -1.18. The molecule has 0 bridgehead atoms. The number of benzene rings is 1. The van der Waals surface area contributed by atoms with Gasteiger partial charge in [0.15, 0.2) is 0 Å². The van der Waals surface area contributed by atoms with E-state index in [1.165, 1.54) is 48.2 Å². The third kappa shape index (κ3) is 1.70. The van der Waals surface area contributed by atoms with Crippen LogP contribution in [0.3, 0.4) is 0 Å². The fourth-order valence-electron chi connectivity index (χ4n) is 3.76. The SMILES string of the molecule is Cc1cc(C)c2c(c1)NC1(CCCC1)CN2C. The summed E-state index contributed by atoms with van der Waals surface area (Å²) in [4.78, 5) is 2.45. The smallest absolute Gasteiger partial charge is 0.0630 e. The van der Waals surface area contributed by atoms with Gasteiger partial charge in [-0.15, -0.1) is 0 Å². The van der Waals surface area contributed by atoms with Gasteiger partial charge in [0.1, 0.15) is 0 Å². The molecule has 1 aliphatic heterocycles. The van der Waals surface area contributed by atoms with Gasteiger partial charge in [0.05, 0.1) is 16.9 Å². The Morgan fingerprint density at radius 2 is 1.88 bits per heavy atom. The maximum Gasteiger partial charge on any atom is 0.0630 e. The molecule has 0 radical (unpaired) electrons. The highest BCUT2D eigenvalue weighted by Crippen LogP contribution is 2.43. The van der Waals surface area contributed by atoms with Gasteiger partial charge < -0.3 is 10.2 Å². The second-order valence-electron chi connectivity index (χ2n) is 5.95. The minimum atomic E-state index is 0.349. The summed E-state index contributed by atoms with van der Waals surface area (Å²) >= 11 is 0. The second-order valence-corrected chi connectivity index (χ2v) is 5.95. The molecular formula is C15H22N2. The molecule has 2 nitrogen and oxygen atoms in total. The lowest BCUT2D eigenvalue weighted by Crippen LogP contribution is -2.49. The molecule has 1 aromatic carbocycles. The van der Waals surface area contributed by atoms with Crippen LogP contribution in [0.5, 0.6) is 0 Å². The molecule has 3 rings (SSSR count). The van der Waals surface area contributed by atoms with Crippen LogP contribution in [0.2, 0.25) is 0 Å². The van der Waals surface area contributed by atoms with Crippen LogP contribution in [-0.2, 0) is 0 Å². The second kappa shape index (κ2) is 3.66. The lowest BCUT2D eigenvalue weighted by atomic mass is 9.91. The van der Waals surface area contributed by atoms with E-state index in [4.69, 9.17) is 0 Å². The first-order chi connectivity index (χ1) is 8.10.